The number of rotatable bonds is 1. The number of fused-ring (bicyclic) bond motifs is 1. The van der Waals surface area contributed by atoms with Crippen molar-refractivity contribution in [1.82, 2.24) is 4.90 Å². The van der Waals surface area contributed by atoms with E-state index >= 15 is 0 Å². The molecule has 2 aromatic rings. The molecule has 6 nitrogen and oxygen atoms in total. The van der Waals surface area contributed by atoms with Crippen molar-refractivity contribution in [1.29, 1.82) is 0 Å². The lowest BCUT2D eigenvalue weighted by Gasteiger charge is -2.29. The van der Waals surface area contributed by atoms with Crippen LogP contribution in [0.4, 0.5) is 5.69 Å². The maximum Gasteiger partial charge on any atom is 0.254 e. The Kier molecular flexibility index (Phi) is 3.29. The molecule has 0 aliphatic carbocycles. The van der Waals surface area contributed by atoms with Crippen molar-refractivity contribution in [2.24, 2.45) is 0 Å². The van der Waals surface area contributed by atoms with Gasteiger partial charge in [-0.05, 0) is 41.8 Å². The molecule has 2 aromatic carbocycles. The maximum absolute atomic E-state index is 12.5. The first-order chi connectivity index (χ1) is 10.5. The van der Waals surface area contributed by atoms with Gasteiger partial charge in [-0.2, -0.15) is 0 Å². The Labute approximate surface area is 127 Å². The van der Waals surface area contributed by atoms with Crippen molar-refractivity contribution in [3.8, 4) is 17.2 Å². The highest BCUT2D eigenvalue weighted by molar-refractivity contribution is 5.95. The molecule has 1 aliphatic rings. The van der Waals surface area contributed by atoms with Gasteiger partial charge in [0.15, 0.2) is 17.2 Å². The molecule has 0 spiro atoms. The second-order valence-electron chi connectivity index (χ2n) is 5.37. The Morgan fingerprint density at radius 3 is 2.41 bits per heavy atom. The smallest absolute Gasteiger partial charge is 0.254 e. The van der Waals surface area contributed by atoms with Crippen LogP contribution < -0.4 is 5.73 Å². The summed E-state index contributed by atoms with van der Waals surface area (Å²) in [6, 6.07) is 7.94. The number of hydrogen-bond donors (Lipinski definition) is 4. The number of benzene rings is 2. The van der Waals surface area contributed by atoms with E-state index in [4.69, 9.17) is 5.73 Å². The van der Waals surface area contributed by atoms with Gasteiger partial charge in [0, 0.05) is 24.3 Å². The Bertz CT molecular complexity index is 735. The van der Waals surface area contributed by atoms with Crippen LogP contribution in [0.2, 0.25) is 0 Å². The molecule has 1 aliphatic heterocycles. The van der Waals surface area contributed by atoms with E-state index in [0.717, 1.165) is 29.7 Å². The second kappa shape index (κ2) is 5.14. The van der Waals surface area contributed by atoms with E-state index in [2.05, 4.69) is 0 Å². The molecule has 114 valence electrons. The molecule has 0 radical (unpaired) electrons. The van der Waals surface area contributed by atoms with Gasteiger partial charge in [0.25, 0.3) is 5.91 Å². The molecule has 0 aromatic heterocycles. The van der Waals surface area contributed by atoms with Gasteiger partial charge >= 0.3 is 0 Å². The highest BCUT2D eigenvalue weighted by atomic mass is 16.3. The third-order valence-electron chi connectivity index (χ3n) is 3.85. The molecule has 6 heteroatoms. The SMILES string of the molecule is Nc1ccc2c(c1)CN(C(=O)c1cc(O)c(O)c(O)c1)CC2. The van der Waals surface area contributed by atoms with Gasteiger partial charge in [0.1, 0.15) is 0 Å². The summed E-state index contributed by atoms with van der Waals surface area (Å²) in [5.41, 5.74) is 8.70. The molecule has 0 saturated carbocycles. The molecule has 5 N–H and O–H groups in total. The number of anilines is 1. The highest BCUT2D eigenvalue weighted by Crippen LogP contribution is 2.36. The van der Waals surface area contributed by atoms with Crippen LogP contribution in [-0.4, -0.2) is 32.7 Å². The van der Waals surface area contributed by atoms with E-state index in [1.807, 2.05) is 18.2 Å². The molecular weight excluding hydrogens is 284 g/mol. The molecule has 0 bridgehead atoms. The molecule has 0 unspecified atom stereocenters. The summed E-state index contributed by atoms with van der Waals surface area (Å²) in [7, 11) is 0. The van der Waals surface area contributed by atoms with Gasteiger partial charge in [-0.15, -0.1) is 0 Å². The van der Waals surface area contributed by atoms with E-state index in [1.54, 1.807) is 4.90 Å². The largest absolute Gasteiger partial charge is 0.504 e. The Hall–Kier alpha value is -2.89. The Morgan fingerprint density at radius 1 is 1.05 bits per heavy atom. The lowest BCUT2D eigenvalue weighted by Crippen LogP contribution is -2.36. The van der Waals surface area contributed by atoms with Crippen LogP contribution in [0.5, 0.6) is 17.2 Å². The first-order valence-electron chi connectivity index (χ1n) is 6.87. The number of amides is 1. The average molecular weight is 300 g/mol. The van der Waals surface area contributed by atoms with Crippen molar-refractivity contribution >= 4 is 11.6 Å². The molecule has 0 fully saturated rings. The summed E-state index contributed by atoms with van der Waals surface area (Å²) >= 11 is 0. The number of phenols is 3. The minimum atomic E-state index is -0.631. The average Bonchev–Trinajstić information content (AvgIpc) is 2.50. The molecule has 1 amide bonds. The predicted molar refractivity (Wildman–Crippen MR) is 80.7 cm³/mol. The number of carbonyl (C=O) groups excluding carboxylic acids is 1. The van der Waals surface area contributed by atoms with Gasteiger partial charge in [-0.3, -0.25) is 4.79 Å². The van der Waals surface area contributed by atoms with Gasteiger partial charge in [-0.25, -0.2) is 0 Å². The second-order valence-corrected chi connectivity index (χ2v) is 5.37. The number of nitrogen functional groups attached to an aromatic ring is 1. The van der Waals surface area contributed by atoms with Crippen LogP contribution in [0, 0.1) is 0 Å². The summed E-state index contributed by atoms with van der Waals surface area (Å²) < 4.78 is 0. The highest BCUT2D eigenvalue weighted by Gasteiger charge is 2.23. The van der Waals surface area contributed by atoms with E-state index in [9.17, 15) is 20.1 Å². The van der Waals surface area contributed by atoms with Gasteiger partial charge in [0.2, 0.25) is 0 Å². The number of hydrogen-bond acceptors (Lipinski definition) is 5. The first-order valence-corrected chi connectivity index (χ1v) is 6.87. The van der Waals surface area contributed by atoms with Crippen LogP contribution in [0.25, 0.3) is 0 Å². The van der Waals surface area contributed by atoms with Crippen LogP contribution in [0.15, 0.2) is 30.3 Å². The fraction of sp³-hybridized carbons (Fsp3) is 0.188. The molecule has 1 heterocycles. The van der Waals surface area contributed by atoms with Gasteiger partial charge in [0.05, 0.1) is 0 Å². The summed E-state index contributed by atoms with van der Waals surface area (Å²) in [6.07, 6.45) is 0.720. The summed E-state index contributed by atoms with van der Waals surface area (Å²) in [5, 5.41) is 28.4. The lowest BCUT2D eigenvalue weighted by molar-refractivity contribution is 0.0734. The van der Waals surface area contributed by atoms with Crippen molar-refractivity contribution in [2.45, 2.75) is 13.0 Å². The normalized spacial score (nSPS) is 13.7. The molecule has 0 atom stereocenters. The predicted octanol–water partition coefficient (Wildman–Crippen LogP) is 1.58. The number of nitrogens with two attached hydrogens (primary N) is 1. The summed E-state index contributed by atoms with van der Waals surface area (Å²) in [6.45, 7) is 0.958. The first kappa shape index (κ1) is 14.1. The van der Waals surface area contributed by atoms with Gasteiger partial charge < -0.3 is 26.0 Å². The number of nitrogens with zero attached hydrogens (tertiary/aromatic N) is 1. The molecule has 3 rings (SSSR count). The minimum Gasteiger partial charge on any atom is -0.504 e. The zero-order chi connectivity index (χ0) is 15.9. The van der Waals surface area contributed by atoms with Crippen LogP contribution in [0.3, 0.4) is 0 Å². The fourth-order valence-electron chi connectivity index (χ4n) is 2.66. The zero-order valence-corrected chi connectivity index (χ0v) is 11.8. The minimum absolute atomic E-state index is 0.125. The van der Waals surface area contributed by atoms with E-state index in [1.165, 1.54) is 0 Å². The molecule has 0 saturated heterocycles. The van der Waals surface area contributed by atoms with Crippen LogP contribution >= 0.6 is 0 Å². The van der Waals surface area contributed by atoms with E-state index < -0.39 is 17.2 Å². The number of phenolic OH excluding ortho intramolecular Hbond substituents is 3. The van der Waals surface area contributed by atoms with Crippen molar-refractivity contribution in [3.05, 3.63) is 47.0 Å². The fourth-order valence-corrected chi connectivity index (χ4v) is 2.66. The molecule has 22 heavy (non-hydrogen) atoms. The standard InChI is InChI=1S/C16H16N2O4/c17-12-2-1-9-3-4-18(8-11(9)5-12)16(22)10-6-13(19)15(21)14(20)7-10/h1-2,5-7,19-21H,3-4,8,17H2. The third-order valence-corrected chi connectivity index (χ3v) is 3.85. The maximum atomic E-state index is 12.5. The molecular formula is C16H16N2O4. The number of aromatic hydroxyl groups is 3. The third kappa shape index (κ3) is 2.39. The van der Waals surface area contributed by atoms with Crippen LogP contribution in [0.1, 0.15) is 21.5 Å². The van der Waals surface area contributed by atoms with Gasteiger partial charge in [-0.1, -0.05) is 6.07 Å². The monoisotopic (exact) mass is 300 g/mol. The van der Waals surface area contributed by atoms with Crippen molar-refractivity contribution in [2.75, 3.05) is 12.3 Å². The van der Waals surface area contributed by atoms with Crippen molar-refractivity contribution in [3.63, 3.8) is 0 Å². The number of carbonyl (C=O) groups is 1. The Morgan fingerprint density at radius 2 is 1.73 bits per heavy atom. The van der Waals surface area contributed by atoms with E-state index in [-0.39, 0.29) is 11.5 Å². The summed E-state index contributed by atoms with van der Waals surface area (Å²) in [4.78, 5) is 14.1. The topological polar surface area (TPSA) is 107 Å². The van der Waals surface area contributed by atoms with E-state index in [0.29, 0.717) is 18.8 Å². The quantitative estimate of drug-likeness (QED) is 0.472. The van der Waals surface area contributed by atoms with Crippen molar-refractivity contribution < 1.29 is 20.1 Å². The summed E-state index contributed by atoms with van der Waals surface area (Å²) in [5.74, 6) is -2.00. The van der Waals surface area contributed by atoms with Crippen LogP contribution in [-0.2, 0) is 13.0 Å². The lowest BCUT2D eigenvalue weighted by atomic mass is 9.98. The Balaban J connectivity index is 1.88. The zero-order valence-electron chi connectivity index (χ0n) is 11.8.